The molecule has 1 aliphatic heterocycles. The number of aliphatic carboxylic acids is 1. The maximum Gasteiger partial charge on any atom is 0.407 e. The fourth-order valence-corrected chi connectivity index (χ4v) is 2.13. The van der Waals surface area contributed by atoms with Gasteiger partial charge in [-0.2, -0.15) is 0 Å². The third-order valence-corrected chi connectivity index (χ3v) is 2.94. The van der Waals surface area contributed by atoms with Gasteiger partial charge in [-0.3, -0.25) is 0 Å². The molecule has 0 aliphatic carbocycles. The van der Waals surface area contributed by atoms with Crippen molar-refractivity contribution in [1.82, 2.24) is 5.32 Å². The van der Waals surface area contributed by atoms with E-state index in [4.69, 9.17) is 24.1 Å². The Hall–Kier alpha value is -1.38. The predicted octanol–water partition coefficient (Wildman–Crippen LogP) is 0.393. The Morgan fingerprint density at radius 3 is 2.19 bits per heavy atom. The molecule has 4 atom stereocenters. The molecule has 0 bridgehead atoms. The number of carbonyl (C=O) groups is 2. The number of hydrogen-bond donors (Lipinski definition) is 2. The maximum atomic E-state index is 11.6. The monoisotopic (exact) mass is 305 g/mol. The fraction of sp³-hybridized carbons (Fsp3) is 0.846. The number of carboxylic acids is 1. The van der Waals surface area contributed by atoms with Crippen molar-refractivity contribution in [1.29, 1.82) is 0 Å². The summed E-state index contributed by atoms with van der Waals surface area (Å²) in [4.78, 5) is 22.7. The molecule has 1 unspecified atom stereocenters. The van der Waals surface area contributed by atoms with Crippen molar-refractivity contribution in [3.63, 3.8) is 0 Å². The van der Waals surface area contributed by atoms with Gasteiger partial charge in [0.15, 0.2) is 6.10 Å². The summed E-state index contributed by atoms with van der Waals surface area (Å²) in [6.45, 7) is 5.31. The first-order chi connectivity index (χ1) is 9.69. The van der Waals surface area contributed by atoms with Crippen LogP contribution in [0.5, 0.6) is 0 Å². The van der Waals surface area contributed by atoms with Crippen molar-refractivity contribution in [2.24, 2.45) is 0 Å². The number of ether oxygens (including phenoxy) is 4. The Morgan fingerprint density at radius 1 is 1.19 bits per heavy atom. The van der Waals surface area contributed by atoms with Crippen molar-refractivity contribution in [2.75, 3.05) is 20.8 Å². The summed E-state index contributed by atoms with van der Waals surface area (Å²) >= 11 is 0. The SMILES string of the molecule is CO[C@H]1[C@H](OC)C(CNC(=O)OC(C)(C)C)O[C@H]1C(=O)O. The van der Waals surface area contributed by atoms with Crippen LogP contribution >= 0.6 is 0 Å². The van der Waals surface area contributed by atoms with E-state index in [1.54, 1.807) is 20.8 Å². The summed E-state index contributed by atoms with van der Waals surface area (Å²) in [5.74, 6) is -1.14. The second-order valence-electron chi connectivity index (χ2n) is 5.72. The van der Waals surface area contributed by atoms with Gasteiger partial charge in [0.1, 0.15) is 23.9 Å². The van der Waals surface area contributed by atoms with Crippen LogP contribution in [0.2, 0.25) is 0 Å². The van der Waals surface area contributed by atoms with E-state index < -0.39 is 42.1 Å². The van der Waals surface area contributed by atoms with E-state index in [9.17, 15) is 9.59 Å². The maximum absolute atomic E-state index is 11.6. The quantitative estimate of drug-likeness (QED) is 0.757. The Bertz CT molecular complexity index is 379. The average Bonchev–Trinajstić information content (AvgIpc) is 2.71. The van der Waals surface area contributed by atoms with Crippen molar-refractivity contribution in [3.8, 4) is 0 Å². The van der Waals surface area contributed by atoms with Gasteiger partial charge in [-0.15, -0.1) is 0 Å². The molecule has 0 radical (unpaired) electrons. The van der Waals surface area contributed by atoms with Crippen LogP contribution in [0.15, 0.2) is 0 Å². The zero-order chi connectivity index (χ0) is 16.2. The molecule has 0 aromatic rings. The van der Waals surface area contributed by atoms with Crippen molar-refractivity contribution >= 4 is 12.1 Å². The smallest absolute Gasteiger partial charge is 0.407 e. The number of methoxy groups -OCH3 is 2. The predicted molar refractivity (Wildman–Crippen MR) is 72.1 cm³/mol. The first kappa shape index (κ1) is 17.7. The van der Waals surface area contributed by atoms with E-state index in [0.29, 0.717) is 0 Å². The van der Waals surface area contributed by atoms with Gasteiger partial charge in [-0.25, -0.2) is 9.59 Å². The molecule has 8 heteroatoms. The molecule has 1 heterocycles. The summed E-state index contributed by atoms with van der Waals surface area (Å²) in [6, 6.07) is 0. The molecule has 1 rings (SSSR count). The van der Waals surface area contributed by atoms with Crippen molar-refractivity contribution < 1.29 is 33.6 Å². The van der Waals surface area contributed by atoms with Gasteiger partial charge in [0.25, 0.3) is 0 Å². The molecule has 2 N–H and O–H groups in total. The first-order valence-electron chi connectivity index (χ1n) is 6.60. The minimum absolute atomic E-state index is 0.0665. The van der Waals surface area contributed by atoms with Crippen LogP contribution in [-0.4, -0.2) is 68.0 Å². The summed E-state index contributed by atoms with van der Waals surface area (Å²) in [6.07, 6.45) is -3.70. The molecule has 0 aromatic heterocycles. The van der Waals surface area contributed by atoms with Gasteiger partial charge >= 0.3 is 12.1 Å². The lowest BCUT2D eigenvalue weighted by molar-refractivity contribution is -0.154. The zero-order valence-corrected chi connectivity index (χ0v) is 12.9. The summed E-state index contributed by atoms with van der Waals surface area (Å²) in [7, 11) is 2.82. The van der Waals surface area contributed by atoms with Gasteiger partial charge in [0.2, 0.25) is 0 Å². The third-order valence-electron chi connectivity index (χ3n) is 2.94. The summed E-state index contributed by atoms with van der Waals surface area (Å²) in [5.41, 5.74) is -0.611. The number of nitrogens with one attached hydrogen (secondary N) is 1. The molecule has 122 valence electrons. The van der Waals surface area contributed by atoms with Crippen LogP contribution in [0.25, 0.3) is 0 Å². The van der Waals surface area contributed by atoms with E-state index in [1.165, 1.54) is 14.2 Å². The van der Waals surface area contributed by atoms with E-state index in [-0.39, 0.29) is 6.54 Å². The highest BCUT2D eigenvalue weighted by molar-refractivity contribution is 5.74. The summed E-state index contributed by atoms with van der Waals surface area (Å²) < 4.78 is 20.9. The number of alkyl carbamates (subject to hydrolysis) is 1. The molecular weight excluding hydrogens is 282 g/mol. The molecular formula is C13H23NO7. The van der Waals surface area contributed by atoms with E-state index >= 15 is 0 Å². The van der Waals surface area contributed by atoms with Gasteiger partial charge in [-0.05, 0) is 20.8 Å². The molecule has 0 aromatic carbocycles. The molecule has 8 nitrogen and oxygen atoms in total. The molecule has 1 fully saturated rings. The molecule has 1 aliphatic rings. The Kier molecular flexibility index (Phi) is 5.94. The number of amides is 1. The first-order valence-corrected chi connectivity index (χ1v) is 6.60. The van der Waals surface area contributed by atoms with Crippen LogP contribution in [0, 0.1) is 0 Å². The van der Waals surface area contributed by atoms with Gasteiger partial charge < -0.3 is 29.4 Å². The molecule has 0 saturated carbocycles. The Balaban J connectivity index is 2.62. The topological polar surface area (TPSA) is 103 Å². The van der Waals surface area contributed by atoms with E-state index in [1.807, 2.05) is 0 Å². The lowest BCUT2D eigenvalue weighted by Crippen LogP contribution is -2.43. The van der Waals surface area contributed by atoms with Crippen LogP contribution < -0.4 is 5.32 Å². The summed E-state index contributed by atoms with van der Waals surface area (Å²) in [5, 5.41) is 11.6. The third kappa shape index (κ3) is 4.83. The molecule has 21 heavy (non-hydrogen) atoms. The number of carboxylic acid groups (broad SMARTS) is 1. The normalized spacial score (nSPS) is 29.2. The largest absolute Gasteiger partial charge is 0.479 e. The lowest BCUT2D eigenvalue weighted by Gasteiger charge is -2.23. The minimum atomic E-state index is -1.14. The standard InChI is InChI=1S/C13H23NO7/c1-13(2,3)21-12(17)14-6-7-8(18-4)9(19-5)10(20-7)11(15)16/h7-10H,6H2,1-5H3,(H,14,17)(H,15,16)/t7?,8-,9+,10-/m1/s1. The van der Waals surface area contributed by atoms with Crippen molar-refractivity contribution in [3.05, 3.63) is 0 Å². The number of hydrogen-bond acceptors (Lipinski definition) is 6. The average molecular weight is 305 g/mol. The van der Waals surface area contributed by atoms with Crippen LogP contribution in [0.3, 0.4) is 0 Å². The van der Waals surface area contributed by atoms with E-state index in [0.717, 1.165) is 0 Å². The molecule has 1 saturated heterocycles. The Morgan fingerprint density at radius 2 is 1.76 bits per heavy atom. The van der Waals surface area contributed by atoms with Crippen LogP contribution in [0.1, 0.15) is 20.8 Å². The molecule has 1 amide bonds. The highest BCUT2D eigenvalue weighted by Gasteiger charge is 2.48. The fourth-order valence-electron chi connectivity index (χ4n) is 2.13. The number of carbonyl (C=O) groups excluding carboxylic acids is 1. The van der Waals surface area contributed by atoms with Crippen LogP contribution in [-0.2, 0) is 23.7 Å². The van der Waals surface area contributed by atoms with Crippen LogP contribution in [0.4, 0.5) is 4.79 Å². The highest BCUT2D eigenvalue weighted by atomic mass is 16.6. The zero-order valence-electron chi connectivity index (χ0n) is 12.9. The Labute approximate surface area is 123 Å². The second kappa shape index (κ2) is 7.06. The van der Waals surface area contributed by atoms with Crippen molar-refractivity contribution in [2.45, 2.75) is 50.8 Å². The van der Waals surface area contributed by atoms with E-state index in [2.05, 4.69) is 5.32 Å². The second-order valence-corrected chi connectivity index (χ2v) is 5.72. The van der Waals surface area contributed by atoms with Gasteiger partial charge in [0.05, 0.1) is 0 Å². The highest BCUT2D eigenvalue weighted by Crippen LogP contribution is 2.26. The molecule has 0 spiro atoms. The number of rotatable bonds is 5. The minimum Gasteiger partial charge on any atom is -0.479 e. The lowest BCUT2D eigenvalue weighted by atomic mass is 10.1. The van der Waals surface area contributed by atoms with Gasteiger partial charge in [0, 0.05) is 20.8 Å². The van der Waals surface area contributed by atoms with Gasteiger partial charge in [-0.1, -0.05) is 0 Å².